The standard InChI is InChI=1S/C15H32N8O2/c1-8(2)12(24)11(17)7-23-15(20)22-6-9(3)13(25)10(16)4-5-21-14(18)19/h8-11H,4-7,16-17H2,1-3H3,(H4,18,19,21)(H3,20,22,23)/t9?,10-,11-/m1/s1. The van der Waals surface area contributed by atoms with Crippen molar-refractivity contribution in [3.8, 4) is 0 Å². The highest BCUT2D eigenvalue weighted by atomic mass is 16.1. The third-order valence-corrected chi connectivity index (χ3v) is 3.64. The molecule has 25 heavy (non-hydrogen) atoms. The van der Waals surface area contributed by atoms with Gasteiger partial charge in [-0.2, -0.15) is 0 Å². The number of nitrogens with two attached hydrogens (primary N) is 3. The molecule has 0 amide bonds. The first-order valence-corrected chi connectivity index (χ1v) is 8.29. The van der Waals surface area contributed by atoms with Crippen LogP contribution in [0.1, 0.15) is 27.2 Å². The second kappa shape index (κ2) is 11.4. The molecule has 0 aromatic carbocycles. The van der Waals surface area contributed by atoms with Gasteiger partial charge in [0.05, 0.1) is 12.1 Å². The Kier molecular flexibility index (Phi) is 10.4. The Morgan fingerprint density at radius 2 is 1.48 bits per heavy atom. The summed E-state index contributed by atoms with van der Waals surface area (Å²) in [6.45, 7) is 6.01. The van der Waals surface area contributed by atoms with Gasteiger partial charge in [-0.15, -0.1) is 0 Å². The molecule has 0 aliphatic rings. The first-order valence-electron chi connectivity index (χ1n) is 8.29. The number of nitrogens with one attached hydrogen (secondary N) is 5. The Balaban J connectivity index is 4.12. The monoisotopic (exact) mass is 356 g/mol. The fraction of sp³-hybridized carbons (Fsp3) is 0.733. The van der Waals surface area contributed by atoms with E-state index in [2.05, 4.69) is 16.0 Å². The lowest BCUT2D eigenvalue weighted by atomic mass is 9.98. The summed E-state index contributed by atoms with van der Waals surface area (Å²) in [5.74, 6) is -0.927. The van der Waals surface area contributed by atoms with Gasteiger partial charge in [-0.1, -0.05) is 20.8 Å². The smallest absolute Gasteiger partial charge is 0.188 e. The molecule has 0 aliphatic carbocycles. The maximum Gasteiger partial charge on any atom is 0.188 e. The van der Waals surface area contributed by atoms with Gasteiger partial charge in [-0.25, -0.2) is 0 Å². The predicted molar refractivity (Wildman–Crippen MR) is 98.2 cm³/mol. The molecule has 0 aromatic heterocycles. The molecule has 10 heteroatoms. The van der Waals surface area contributed by atoms with E-state index < -0.39 is 12.1 Å². The van der Waals surface area contributed by atoms with E-state index in [0.717, 1.165) is 0 Å². The van der Waals surface area contributed by atoms with Crippen molar-refractivity contribution in [3.63, 3.8) is 0 Å². The summed E-state index contributed by atoms with van der Waals surface area (Å²) in [6.07, 6.45) is 0.366. The minimum Gasteiger partial charge on any atom is -0.370 e. The average Bonchev–Trinajstić information content (AvgIpc) is 2.55. The fourth-order valence-corrected chi connectivity index (χ4v) is 2.03. The van der Waals surface area contributed by atoms with Crippen LogP contribution in [0.5, 0.6) is 0 Å². The lowest BCUT2D eigenvalue weighted by Crippen LogP contribution is -2.49. The molecule has 0 bridgehead atoms. The highest BCUT2D eigenvalue weighted by Crippen LogP contribution is 2.01. The molecule has 3 atom stereocenters. The van der Waals surface area contributed by atoms with Crippen molar-refractivity contribution in [2.24, 2.45) is 29.0 Å². The Morgan fingerprint density at radius 3 is 2.00 bits per heavy atom. The lowest BCUT2D eigenvalue weighted by molar-refractivity contribution is -0.124. The summed E-state index contributed by atoms with van der Waals surface area (Å²) >= 11 is 0. The Bertz CT molecular complexity index is 480. The predicted octanol–water partition coefficient (Wildman–Crippen LogP) is -1.94. The van der Waals surface area contributed by atoms with E-state index in [-0.39, 0.29) is 48.4 Å². The van der Waals surface area contributed by atoms with E-state index in [1.165, 1.54) is 0 Å². The molecule has 144 valence electrons. The van der Waals surface area contributed by atoms with Gasteiger partial charge in [-0.05, 0) is 6.42 Å². The average molecular weight is 356 g/mol. The molecule has 0 radical (unpaired) electrons. The number of hydrogen-bond acceptors (Lipinski definition) is 6. The number of hydrogen-bond donors (Lipinski definition) is 8. The summed E-state index contributed by atoms with van der Waals surface area (Å²) in [7, 11) is 0. The van der Waals surface area contributed by atoms with Crippen molar-refractivity contribution in [1.29, 1.82) is 10.8 Å². The first kappa shape index (κ1) is 22.8. The first-order chi connectivity index (χ1) is 11.6. The largest absolute Gasteiger partial charge is 0.370 e. The summed E-state index contributed by atoms with van der Waals surface area (Å²) in [6, 6.07) is -1.34. The van der Waals surface area contributed by atoms with Crippen molar-refractivity contribution in [3.05, 3.63) is 0 Å². The molecule has 0 fully saturated rings. The van der Waals surface area contributed by atoms with Gasteiger partial charge >= 0.3 is 0 Å². The minimum absolute atomic E-state index is 0.00141. The van der Waals surface area contributed by atoms with Crippen molar-refractivity contribution in [2.75, 3.05) is 19.6 Å². The molecular weight excluding hydrogens is 324 g/mol. The van der Waals surface area contributed by atoms with Crippen molar-refractivity contribution >= 4 is 23.5 Å². The molecule has 0 saturated carbocycles. The summed E-state index contributed by atoms with van der Waals surface area (Å²) in [5.41, 5.74) is 16.7. The van der Waals surface area contributed by atoms with Crippen molar-refractivity contribution in [1.82, 2.24) is 16.0 Å². The number of rotatable bonds is 11. The van der Waals surface area contributed by atoms with Gasteiger partial charge in [0.25, 0.3) is 0 Å². The minimum atomic E-state index is -0.677. The van der Waals surface area contributed by atoms with E-state index in [4.69, 9.17) is 28.0 Å². The Hall–Kier alpha value is -2.20. The number of ketones is 2. The van der Waals surface area contributed by atoms with Gasteiger partial charge in [0.2, 0.25) is 0 Å². The quantitative estimate of drug-likeness (QED) is 0.154. The van der Waals surface area contributed by atoms with Crippen molar-refractivity contribution in [2.45, 2.75) is 39.3 Å². The fourth-order valence-electron chi connectivity index (χ4n) is 2.03. The topological polar surface area (TPSA) is 196 Å². The molecular formula is C15H32N8O2. The Morgan fingerprint density at radius 1 is 0.920 bits per heavy atom. The van der Waals surface area contributed by atoms with E-state index in [1.807, 2.05) is 0 Å². The highest BCUT2D eigenvalue weighted by molar-refractivity contribution is 5.87. The molecule has 0 aromatic rings. The normalized spacial score (nSPS) is 14.3. The van der Waals surface area contributed by atoms with Crippen LogP contribution in [0, 0.1) is 22.7 Å². The van der Waals surface area contributed by atoms with Crippen LogP contribution in [-0.2, 0) is 9.59 Å². The van der Waals surface area contributed by atoms with E-state index in [1.54, 1.807) is 20.8 Å². The molecule has 0 aliphatic heterocycles. The molecule has 0 spiro atoms. The maximum atomic E-state index is 12.1. The van der Waals surface area contributed by atoms with Crippen LogP contribution in [0.25, 0.3) is 0 Å². The van der Waals surface area contributed by atoms with E-state index >= 15 is 0 Å². The zero-order chi connectivity index (χ0) is 19.6. The van der Waals surface area contributed by atoms with Crippen LogP contribution in [0.15, 0.2) is 0 Å². The van der Waals surface area contributed by atoms with Gasteiger partial charge < -0.3 is 33.2 Å². The van der Waals surface area contributed by atoms with Crippen molar-refractivity contribution < 1.29 is 9.59 Å². The van der Waals surface area contributed by atoms with Crippen LogP contribution >= 0.6 is 0 Å². The van der Waals surface area contributed by atoms with Crippen LogP contribution in [0.4, 0.5) is 0 Å². The zero-order valence-electron chi connectivity index (χ0n) is 15.2. The summed E-state index contributed by atoms with van der Waals surface area (Å²) in [5, 5.41) is 22.9. The molecule has 1 unspecified atom stereocenters. The van der Waals surface area contributed by atoms with Gasteiger partial charge in [0.15, 0.2) is 23.5 Å². The molecule has 0 heterocycles. The maximum absolute atomic E-state index is 12.1. The van der Waals surface area contributed by atoms with Gasteiger partial charge in [-0.3, -0.25) is 20.4 Å². The van der Waals surface area contributed by atoms with Gasteiger partial charge in [0, 0.05) is 31.5 Å². The number of Topliss-reactive ketones (excluding diaryl/α,β-unsaturated/α-hetero) is 2. The lowest BCUT2D eigenvalue weighted by Gasteiger charge is -2.19. The van der Waals surface area contributed by atoms with E-state index in [9.17, 15) is 9.59 Å². The van der Waals surface area contributed by atoms with Crippen LogP contribution < -0.4 is 33.2 Å². The third kappa shape index (κ3) is 9.62. The second-order valence-corrected chi connectivity index (χ2v) is 6.34. The summed E-state index contributed by atoms with van der Waals surface area (Å²) in [4.78, 5) is 23.8. The highest BCUT2D eigenvalue weighted by Gasteiger charge is 2.21. The number of guanidine groups is 2. The third-order valence-electron chi connectivity index (χ3n) is 3.64. The van der Waals surface area contributed by atoms with E-state index in [0.29, 0.717) is 13.0 Å². The number of carbonyl (C=O) groups excluding carboxylic acids is 2. The second-order valence-electron chi connectivity index (χ2n) is 6.34. The molecule has 11 N–H and O–H groups in total. The van der Waals surface area contributed by atoms with Crippen LogP contribution in [0.3, 0.4) is 0 Å². The molecule has 0 rings (SSSR count). The zero-order valence-corrected chi connectivity index (χ0v) is 15.2. The molecule has 10 nitrogen and oxygen atoms in total. The van der Waals surface area contributed by atoms with Crippen LogP contribution in [-0.4, -0.2) is 55.2 Å². The Labute approximate surface area is 148 Å². The molecule has 0 saturated heterocycles. The summed E-state index contributed by atoms with van der Waals surface area (Å²) < 4.78 is 0. The van der Waals surface area contributed by atoms with Crippen LogP contribution in [0.2, 0.25) is 0 Å². The van der Waals surface area contributed by atoms with Gasteiger partial charge in [0.1, 0.15) is 0 Å². The SMILES string of the molecule is CC(C)C(=O)[C@H](N)CNC(=N)NCC(C)C(=O)[C@H](N)CCNC(=N)N. The number of carbonyl (C=O) groups is 2.